The molecule has 0 radical (unpaired) electrons. The predicted molar refractivity (Wildman–Crippen MR) is 169 cm³/mol. The molecule has 0 bridgehead atoms. The molecule has 2 atom stereocenters. The number of fused-ring (bicyclic) bond motifs is 1. The van der Waals surface area contributed by atoms with Crippen molar-refractivity contribution in [3.05, 3.63) is 65.4 Å². The van der Waals surface area contributed by atoms with Crippen molar-refractivity contribution in [1.29, 1.82) is 0 Å². The number of Topliss-reactive ketones (excluding diaryl/α,β-unsaturated/α-hetero) is 2. The van der Waals surface area contributed by atoms with Crippen molar-refractivity contribution < 1.29 is 33.4 Å². The van der Waals surface area contributed by atoms with E-state index in [0.717, 1.165) is 18.4 Å². The SMILES string of the molecule is CCOC(=O)C(CC(=O)c1cccc2nc(C)c(NC3(C)CC3)nc12)C(=O)C(COCc1ccccc1)NC(=O)OC(C)(C)C. The second-order valence-electron chi connectivity index (χ2n) is 12.6. The summed E-state index contributed by atoms with van der Waals surface area (Å²) in [5.74, 6) is -3.03. The van der Waals surface area contributed by atoms with Crippen molar-refractivity contribution in [2.45, 2.75) is 84.6 Å². The van der Waals surface area contributed by atoms with Crippen LogP contribution in [0.5, 0.6) is 0 Å². The van der Waals surface area contributed by atoms with Gasteiger partial charge in [-0.1, -0.05) is 36.4 Å². The molecule has 1 aliphatic carbocycles. The van der Waals surface area contributed by atoms with E-state index in [1.165, 1.54) is 0 Å². The Labute approximate surface area is 263 Å². The van der Waals surface area contributed by atoms with E-state index in [4.69, 9.17) is 19.2 Å². The number of amides is 1. The molecule has 2 N–H and O–H groups in total. The molecule has 1 saturated carbocycles. The van der Waals surface area contributed by atoms with Gasteiger partial charge in [-0.25, -0.2) is 14.8 Å². The van der Waals surface area contributed by atoms with E-state index in [1.54, 1.807) is 45.9 Å². The van der Waals surface area contributed by atoms with Crippen LogP contribution < -0.4 is 10.6 Å². The Hall–Kier alpha value is -4.38. The number of ether oxygens (including phenoxy) is 3. The van der Waals surface area contributed by atoms with Gasteiger partial charge in [-0.3, -0.25) is 14.4 Å². The third-order valence-electron chi connectivity index (χ3n) is 7.32. The van der Waals surface area contributed by atoms with Crippen LogP contribution in [-0.4, -0.2) is 64.0 Å². The third-order valence-corrected chi connectivity index (χ3v) is 7.32. The number of ketones is 2. The van der Waals surface area contributed by atoms with E-state index in [9.17, 15) is 19.2 Å². The Morgan fingerprint density at radius 3 is 2.36 bits per heavy atom. The molecule has 2 unspecified atom stereocenters. The topological polar surface area (TPSA) is 146 Å². The molecule has 1 aromatic heterocycles. The summed E-state index contributed by atoms with van der Waals surface area (Å²) < 4.78 is 16.4. The number of rotatable bonds is 14. The summed E-state index contributed by atoms with van der Waals surface area (Å²) in [6, 6.07) is 13.0. The number of benzene rings is 2. The lowest BCUT2D eigenvalue weighted by atomic mass is 9.90. The lowest BCUT2D eigenvalue weighted by Crippen LogP contribution is -2.50. The highest BCUT2D eigenvalue weighted by Crippen LogP contribution is 2.38. The van der Waals surface area contributed by atoms with Gasteiger partial charge in [-0.15, -0.1) is 0 Å². The number of alkyl carbamates (subject to hydrolysis) is 1. The van der Waals surface area contributed by atoms with Crippen molar-refractivity contribution in [2.24, 2.45) is 5.92 Å². The summed E-state index contributed by atoms with van der Waals surface area (Å²) in [6.45, 7) is 10.5. The molecule has 11 nitrogen and oxygen atoms in total. The maximum Gasteiger partial charge on any atom is 0.408 e. The quantitative estimate of drug-likeness (QED) is 0.138. The molecule has 1 aliphatic rings. The number of anilines is 1. The zero-order valence-corrected chi connectivity index (χ0v) is 26.8. The van der Waals surface area contributed by atoms with Gasteiger partial charge in [0, 0.05) is 17.5 Å². The Morgan fingerprint density at radius 2 is 1.71 bits per heavy atom. The highest BCUT2D eigenvalue weighted by Gasteiger charge is 2.39. The Morgan fingerprint density at radius 1 is 1.00 bits per heavy atom. The first kappa shape index (κ1) is 33.5. The highest BCUT2D eigenvalue weighted by molar-refractivity contribution is 6.11. The van der Waals surface area contributed by atoms with Gasteiger partial charge in [0.15, 0.2) is 11.6 Å². The molecule has 4 rings (SSSR count). The molecule has 45 heavy (non-hydrogen) atoms. The second-order valence-corrected chi connectivity index (χ2v) is 12.6. The summed E-state index contributed by atoms with van der Waals surface area (Å²) in [4.78, 5) is 63.1. The number of hydrogen-bond donors (Lipinski definition) is 2. The van der Waals surface area contributed by atoms with Gasteiger partial charge in [0.1, 0.15) is 28.9 Å². The van der Waals surface area contributed by atoms with E-state index in [-0.39, 0.29) is 30.9 Å². The van der Waals surface area contributed by atoms with Crippen molar-refractivity contribution >= 4 is 40.5 Å². The number of carbonyl (C=O) groups is 4. The van der Waals surface area contributed by atoms with Gasteiger partial charge in [0.25, 0.3) is 0 Å². The summed E-state index contributed by atoms with van der Waals surface area (Å²) >= 11 is 0. The first-order valence-corrected chi connectivity index (χ1v) is 15.2. The molecule has 2 aromatic carbocycles. The van der Waals surface area contributed by atoms with E-state index in [0.29, 0.717) is 22.5 Å². The van der Waals surface area contributed by atoms with Gasteiger partial charge in [-0.2, -0.15) is 0 Å². The summed E-state index contributed by atoms with van der Waals surface area (Å²) in [5, 5.41) is 5.95. The van der Waals surface area contributed by atoms with Crippen LogP contribution in [0.1, 0.15) is 75.5 Å². The van der Waals surface area contributed by atoms with Crippen molar-refractivity contribution in [2.75, 3.05) is 18.5 Å². The smallest absolute Gasteiger partial charge is 0.408 e. The average Bonchev–Trinajstić information content (AvgIpc) is 3.71. The molecular weight excluding hydrogens is 576 g/mol. The highest BCUT2D eigenvalue weighted by atomic mass is 16.6. The lowest BCUT2D eigenvalue weighted by Gasteiger charge is -2.25. The van der Waals surface area contributed by atoms with E-state index in [1.807, 2.05) is 37.3 Å². The number of hydrogen-bond acceptors (Lipinski definition) is 10. The normalized spacial score (nSPS) is 15.1. The van der Waals surface area contributed by atoms with Crippen LogP contribution in [0.4, 0.5) is 10.6 Å². The predicted octanol–water partition coefficient (Wildman–Crippen LogP) is 5.33. The van der Waals surface area contributed by atoms with Gasteiger partial charge in [0.2, 0.25) is 0 Å². The monoisotopic (exact) mass is 618 g/mol. The minimum atomic E-state index is -1.52. The van der Waals surface area contributed by atoms with Gasteiger partial charge in [0.05, 0.1) is 31.0 Å². The fourth-order valence-electron chi connectivity index (χ4n) is 4.70. The zero-order chi connectivity index (χ0) is 32.8. The summed E-state index contributed by atoms with van der Waals surface area (Å²) in [5.41, 5.74) is 1.76. The largest absolute Gasteiger partial charge is 0.465 e. The molecule has 0 spiro atoms. The first-order valence-electron chi connectivity index (χ1n) is 15.2. The van der Waals surface area contributed by atoms with Crippen LogP contribution in [-0.2, 0) is 30.4 Å². The molecule has 3 aromatic rings. The second kappa shape index (κ2) is 14.2. The summed E-state index contributed by atoms with van der Waals surface area (Å²) in [6.07, 6.45) is 0.646. The molecule has 240 valence electrons. The van der Waals surface area contributed by atoms with Crippen LogP contribution in [0.3, 0.4) is 0 Å². The van der Waals surface area contributed by atoms with Crippen molar-refractivity contribution in [3.8, 4) is 0 Å². The molecular formula is C34H42N4O7. The number of esters is 1. The zero-order valence-electron chi connectivity index (χ0n) is 26.8. The van der Waals surface area contributed by atoms with Crippen LogP contribution >= 0.6 is 0 Å². The molecule has 1 fully saturated rings. The van der Waals surface area contributed by atoms with Gasteiger partial charge >= 0.3 is 12.1 Å². The molecule has 1 amide bonds. The minimum absolute atomic E-state index is 0.00170. The summed E-state index contributed by atoms with van der Waals surface area (Å²) in [7, 11) is 0. The number of nitrogens with zero attached hydrogens (tertiary/aromatic N) is 2. The molecule has 11 heteroatoms. The third kappa shape index (κ3) is 9.31. The fourth-order valence-corrected chi connectivity index (χ4v) is 4.70. The maximum absolute atomic E-state index is 14.0. The van der Waals surface area contributed by atoms with Crippen LogP contribution in [0.25, 0.3) is 11.0 Å². The first-order chi connectivity index (χ1) is 21.3. The fraction of sp³-hybridized carbons (Fsp3) is 0.471. The number of nitrogens with one attached hydrogen (secondary N) is 2. The van der Waals surface area contributed by atoms with Crippen molar-refractivity contribution in [1.82, 2.24) is 15.3 Å². The van der Waals surface area contributed by atoms with E-state index >= 15 is 0 Å². The van der Waals surface area contributed by atoms with Crippen LogP contribution in [0.15, 0.2) is 48.5 Å². The van der Waals surface area contributed by atoms with E-state index in [2.05, 4.69) is 22.5 Å². The van der Waals surface area contributed by atoms with Crippen LogP contribution in [0.2, 0.25) is 0 Å². The van der Waals surface area contributed by atoms with E-state index < -0.39 is 47.6 Å². The number of carbonyl (C=O) groups excluding carboxylic acids is 4. The Kier molecular flexibility index (Phi) is 10.5. The Bertz CT molecular complexity index is 1550. The average molecular weight is 619 g/mol. The Balaban J connectivity index is 1.60. The number of aryl methyl sites for hydroxylation is 1. The van der Waals surface area contributed by atoms with Gasteiger partial charge < -0.3 is 24.8 Å². The molecule has 1 heterocycles. The maximum atomic E-state index is 14.0. The van der Waals surface area contributed by atoms with Crippen molar-refractivity contribution in [3.63, 3.8) is 0 Å². The van der Waals surface area contributed by atoms with Crippen LogP contribution in [0, 0.1) is 12.8 Å². The van der Waals surface area contributed by atoms with Gasteiger partial charge in [-0.05, 0) is 72.1 Å². The molecule has 0 aliphatic heterocycles. The number of para-hydroxylation sites is 1. The molecule has 0 saturated heterocycles. The lowest BCUT2D eigenvalue weighted by molar-refractivity contribution is -0.152. The number of aromatic nitrogens is 2. The minimum Gasteiger partial charge on any atom is -0.465 e. The standard InChI is InChI=1S/C34H42N4O7/c1-7-44-31(41)24(29(40)26(36-32(42)45-33(3,4)5)20-43-19-22-12-9-8-10-13-22)18-27(39)23-14-11-15-25-28(23)37-30(21(2)35-25)38-34(6)16-17-34/h8-15,24,26H,7,16-20H2,1-6H3,(H,36,42)(H,37,38).